The molecule has 0 unspecified atom stereocenters. The van der Waals surface area contributed by atoms with E-state index in [9.17, 15) is 4.79 Å². The molecule has 0 saturated heterocycles. The maximum atomic E-state index is 11.8. The van der Waals surface area contributed by atoms with Crippen molar-refractivity contribution >= 4 is 24.4 Å². The highest BCUT2D eigenvalue weighted by Crippen LogP contribution is 2.33. The van der Waals surface area contributed by atoms with Crippen molar-refractivity contribution in [1.82, 2.24) is 9.97 Å². The molecule has 24 heavy (non-hydrogen) atoms. The lowest BCUT2D eigenvalue weighted by molar-refractivity contribution is 0.229. The van der Waals surface area contributed by atoms with Gasteiger partial charge >= 0.3 is 0 Å². The minimum absolute atomic E-state index is 0.0333. The first-order chi connectivity index (χ1) is 11.5. The number of aromatic amines is 2. The van der Waals surface area contributed by atoms with Crippen LogP contribution in [0.1, 0.15) is 30.7 Å². The minimum atomic E-state index is -0.523. The van der Waals surface area contributed by atoms with Gasteiger partial charge in [0.1, 0.15) is 11.6 Å². The predicted molar refractivity (Wildman–Crippen MR) is 94.6 cm³/mol. The normalized spacial score (nSPS) is 10.8. The van der Waals surface area contributed by atoms with Crippen LogP contribution in [0.15, 0.2) is 23.0 Å². The summed E-state index contributed by atoms with van der Waals surface area (Å²) < 4.78 is 11.3. The van der Waals surface area contributed by atoms with E-state index in [1.54, 1.807) is 25.3 Å². The smallest absolute Gasteiger partial charge is 0.270 e. The summed E-state index contributed by atoms with van der Waals surface area (Å²) in [5.41, 5.74) is 0.537. The first-order valence-corrected chi connectivity index (χ1v) is 7.65. The van der Waals surface area contributed by atoms with E-state index in [1.165, 1.54) is 0 Å². The maximum Gasteiger partial charge on any atom is 0.270 e. The number of benzene rings is 1. The molecule has 2 rings (SSSR count). The molecule has 0 radical (unpaired) electrons. The van der Waals surface area contributed by atoms with E-state index in [4.69, 9.17) is 27.0 Å². The number of rotatable bonds is 5. The number of methoxy groups -OCH3 is 1. The Morgan fingerprint density at radius 1 is 1.29 bits per heavy atom. The molecule has 0 amide bonds. The van der Waals surface area contributed by atoms with Crippen molar-refractivity contribution < 1.29 is 9.47 Å². The molecule has 0 aliphatic carbocycles. The van der Waals surface area contributed by atoms with E-state index < -0.39 is 5.56 Å². The fourth-order valence-electron chi connectivity index (χ4n) is 2.10. The zero-order valence-corrected chi connectivity index (χ0v) is 14.4. The molecule has 1 aromatic carbocycles. The lowest BCUT2D eigenvalue weighted by Gasteiger charge is -2.15. The fraction of sp³-hybridized carbons (Fsp3) is 0.235. The number of nitriles is 1. The summed E-state index contributed by atoms with van der Waals surface area (Å²) >= 11 is 4.95. The van der Waals surface area contributed by atoms with Crippen molar-refractivity contribution in [3.63, 3.8) is 0 Å². The standard InChI is InChI=1S/C17H17N3O3S/c1-10(2)23-15-11(5-4-6-14(15)22-3)7-8-13-12(9-18)16(21)20-17(24)19-13/h4-8,10H,1-3H3,(H2,19,20,21,24)/b8-7+. The number of aromatic nitrogens is 2. The summed E-state index contributed by atoms with van der Waals surface area (Å²) in [6.45, 7) is 3.84. The van der Waals surface area contributed by atoms with Gasteiger partial charge in [-0.2, -0.15) is 5.26 Å². The van der Waals surface area contributed by atoms with E-state index in [0.29, 0.717) is 17.2 Å². The average molecular weight is 343 g/mol. The van der Waals surface area contributed by atoms with Crippen LogP contribution in [0.2, 0.25) is 0 Å². The second kappa shape index (κ2) is 7.62. The van der Waals surface area contributed by atoms with Crippen LogP contribution in [-0.4, -0.2) is 23.2 Å². The Balaban J connectivity index is 2.53. The van der Waals surface area contributed by atoms with E-state index in [1.807, 2.05) is 32.0 Å². The van der Waals surface area contributed by atoms with Gasteiger partial charge in [0.25, 0.3) is 5.56 Å². The van der Waals surface area contributed by atoms with Crippen molar-refractivity contribution in [1.29, 1.82) is 5.26 Å². The molecule has 0 atom stereocenters. The van der Waals surface area contributed by atoms with Crippen molar-refractivity contribution in [2.45, 2.75) is 20.0 Å². The molecule has 0 bridgehead atoms. The van der Waals surface area contributed by atoms with E-state index in [2.05, 4.69) is 9.97 Å². The van der Waals surface area contributed by atoms with Crippen molar-refractivity contribution in [2.24, 2.45) is 0 Å². The Morgan fingerprint density at radius 3 is 2.67 bits per heavy atom. The number of hydrogen-bond donors (Lipinski definition) is 2. The van der Waals surface area contributed by atoms with Crippen molar-refractivity contribution in [3.05, 3.63) is 50.1 Å². The lowest BCUT2D eigenvalue weighted by Crippen LogP contribution is -2.13. The van der Waals surface area contributed by atoms with Crippen molar-refractivity contribution in [3.8, 4) is 17.6 Å². The topological polar surface area (TPSA) is 90.9 Å². The highest BCUT2D eigenvalue weighted by molar-refractivity contribution is 7.71. The zero-order valence-electron chi connectivity index (χ0n) is 13.5. The summed E-state index contributed by atoms with van der Waals surface area (Å²) in [5, 5.41) is 9.14. The summed E-state index contributed by atoms with van der Waals surface area (Å²) in [6.07, 6.45) is 3.32. The Labute approximate surface area is 144 Å². The number of ether oxygens (including phenoxy) is 2. The molecule has 0 aliphatic rings. The lowest BCUT2D eigenvalue weighted by atomic mass is 10.1. The van der Waals surface area contributed by atoms with Gasteiger partial charge in [0, 0.05) is 5.56 Å². The maximum absolute atomic E-state index is 11.8. The van der Waals surface area contributed by atoms with Crippen LogP contribution in [0, 0.1) is 16.1 Å². The Bertz CT molecular complexity index is 920. The van der Waals surface area contributed by atoms with Crippen LogP contribution < -0.4 is 15.0 Å². The van der Waals surface area contributed by atoms with E-state index in [0.717, 1.165) is 5.56 Å². The molecule has 0 spiro atoms. The third-order valence-electron chi connectivity index (χ3n) is 3.10. The van der Waals surface area contributed by atoms with Gasteiger partial charge in [-0.05, 0) is 44.3 Å². The Hall–Kier alpha value is -2.85. The van der Waals surface area contributed by atoms with Crippen LogP contribution in [-0.2, 0) is 0 Å². The molecule has 2 N–H and O–H groups in total. The van der Waals surface area contributed by atoms with Gasteiger partial charge in [-0.15, -0.1) is 0 Å². The predicted octanol–water partition coefficient (Wildman–Crippen LogP) is 3.27. The Kier molecular flexibility index (Phi) is 5.55. The largest absolute Gasteiger partial charge is 0.493 e. The molecule has 124 valence electrons. The summed E-state index contributed by atoms with van der Waals surface area (Å²) in [4.78, 5) is 17.0. The molecular formula is C17H17N3O3S. The van der Waals surface area contributed by atoms with Gasteiger partial charge in [-0.25, -0.2) is 0 Å². The SMILES string of the molecule is COc1cccc(/C=C/c2[nH]c(=S)[nH]c(=O)c2C#N)c1OC(C)C. The second-order valence-electron chi connectivity index (χ2n) is 5.19. The van der Waals surface area contributed by atoms with Crippen LogP contribution in [0.5, 0.6) is 11.5 Å². The van der Waals surface area contributed by atoms with Gasteiger partial charge < -0.3 is 14.5 Å². The first kappa shape index (κ1) is 17.5. The Morgan fingerprint density at radius 2 is 2.04 bits per heavy atom. The third-order valence-corrected chi connectivity index (χ3v) is 3.30. The molecular weight excluding hydrogens is 326 g/mol. The van der Waals surface area contributed by atoms with Gasteiger partial charge in [-0.3, -0.25) is 9.78 Å². The molecule has 0 fully saturated rings. The van der Waals surface area contributed by atoms with Crippen LogP contribution >= 0.6 is 12.2 Å². The first-order valence-electron chi connectivity index (χ1n) is 7.24. The summed E-state index contributed by atoms with van der Waals surface area (Å²) in [5.74, 6) is 1.19. The number of hydrogen-bond acceptors (Lipinski definition) is 5. The number of nitrogens with zero attached hydrogens (tertiary/aromatic N) is 1. The molecule has 7 heteroatoms. The monoisotopic (exact) mass is 343 g/mol. The number of H-pyrrole nitrogens is 2. The quantitative estimate of drug-likeness (QED) is 0.813. The second-order valence-corrected chi connectivity index (χ2v) is 5.60. The molecule has 0 aliphatic heterocycles. The van der Waals surface area contributed by atoms with Crippen LogP contribution in [0.25, 0.3) is 12.2 Å². The fourth-order valence-corrected chi connectivity index (χ4v) is 2.30. The molecule has 0 saturated carbocycles. The molecule has 1 aromatic heterocycles. The van der Waals surface area contributed by atoms with Crippen molar-refractivity contribution in [2.75, 3.05) is 7.11 Å². The number of nitrogens with one attached hydrogen (secondary N) is 2. The van der Waals surface area contributed by atoms with Gasteiger partial charge in [0.05, 0.1) is 18.9 Å². The van der Waals surface area contributed by atoms with E-state index >= 15 is 0 Å². The third kappa shape index (κ3) is 3.91. The molecule has 2 aromatic rings. The summed E-state index contributed by atoms with van der Waals surface area (Å²) in [6, 6.07) is 7.35. The van der Waals surface area contributed by atoms with Gasteiger partial charge in [0.15, 0.2) is 16.3 Å². The van der Waals surface area contributed by atoms with Crippen LogP contribution in [0.4, 0.5) is 0 Å². The van der Waals surface area contributed by atoms with Crippen LogP contribution in [0.3, 0.4) is 0 Å². The van der Waals surface area contributed by atoms with E-state index in [-0.39, 0.29) is 16.4 Å². The molecule has 1 heterocycles. The van der Waals surface area contributed by atoms with Gasteiger partial charge in [0.2, 0.25) is 0 Å². The molecule has 6 nitrogen and oxygen atoms in total. The average Bonchev–Trinajstić information content (AvgIpc) is 2.52. The van der Waals surface area contributed by atoms with Gasteiger partial charge in [-0.1, -0.05) is 12.1 Å². The minimum Gasteiger partial charge on any atom is -0.493 e. The number of para-hydroxylation sites is 1. The highest BCUT2D eigenvalue weighted by atomic mass is 32.1. The zero-order chi connectivity index (χ0) is 17.7. The summed E-state index contributed by atoms with van der Waals surface area (Å²) in [7, 11) is 1.57. The highest BCUT2D eigenvalue weighted by Gasteiger charge is 2.11.